The number of nitrogens with zero attached hydrogens (tertiary/aromatic N) is 1. The lowest BCUT2D eigenvalue weighted by atomic mass is 10.00. The molecule has 2 rings (SSSR count). The third-order valence-corrected chi connectivity index (χ3v) is 3.25. The second kappa shape index (κ2) is 5.28. The molecule has 1 aliphatic rings. The van der Waals surface area contributed by atoms with Crippen molar-refractivity contribution in [2.24, 2.45) is 0 Å². The summed E-state index contributed by atoms with van der Waals surface area (Å²) in [6.07, 6.45) is 3.73. The first-order chi connectivity index (χ1) is 8.19. The Morgan fingerprint density at radius 3 is 2.65 bits per heavy atom. The number of likely N-dealkylation sites (tertiary alicyclic amines) is 1. The summed E-state index contributed by atoms with van der Waals surface area (Å²) in [5.41, 5.74) is 3.39. The molecule has 0 unspecified atom stereocenters. The van der Waals surface area contributed by atoms with Crippen LogP contribution in [-0.4, -0.2) is 30.8 Å². The zero-order valence-electron chi connectivity index (χ0n) is 10.6. The van der Waals surface area contributed by atoms with Gasteiger partial charge in [0.1, 0.15) is 0 Å². The molecule has 0 spiro atoms. The summed E-state index contributed by atoms with van der Waals surface area (Å²) in [7, 11) is 2.06. The van der Waals surface area contributed by atoms with Gasteiger partial charge in [-0.15, -0.1) is 0 Å². The zero-order chi connectivity index (χ0) is 12.3. The van der Waals surface area contributed by atoms with Crippen LogP contribution in [0.2, 0.25) is 0 Å². The molecular formula is C15H19NO. The molecule has 0 radical (unpaired) electrons. The largest absolute Gasteiger partial charge is 0.302 e. The Morgan fingerprint density at radius 2 is 2.00 bits per heavy atom. The Bertz CT molecular complexity index is 431. The fourth-order valence-electron chi connectivity index (χ4n) is 2.09. The van der Waals surface area contributed by atoms with Crippen molar-refractivity contribution >= 4 is 11.9 Å². The highest BCUT2D eigenvalue weighted by Gasteiger charge is 2.18. The van der Waals surface area contributed by atoms with Gasteiger partial charge < -0.3 is 4.90 Å². The van der Waals surface area contributed by atoms with E-state index in [1.165, 1.54) is 5.56 Å². The van der Waals surface area contributed by atoms with Crippen LogP contribution in [0.4, 0.5) is 0 Å². The number of hydrogen-bond acceptors (Lipinski definition) is 2. The summed E-state index contributed by atoms with van der Waals surface area (Å²) >= 11 is 0. The first-order valence-corrected chi connectivity index (χ1v) is 6.20. The maximum absolute atomic E-state index is 11.8. The van der Waals surface area contributed by atoms with Crippen molar-refractivity contribution in [3.05, 3.63) is 41.0 Å². The molecule has 1 aliphatic heterocycles. The van der Waals surface area contributed by atoms with Crippen LogP contribution in [0.15, 0.2) is 29.8 Å². The molecule has 1 fully saturated rings. The molecule has 2 nitrogen and oxygen atoms in total. The number of ketones is 1. The number of likely N-dealkylation sites (N-methyl/N-ethyl adjacent to an activating group) is 1. The van der Waals surface area contributed by atoms with Crippen molar-refractivity contribution in [3.8, 4) is 0 Å². The van der Waals surface area contributed by atoms with Gasteiger partial charge in [-0.05, 0) is 30.7 Å². The van der Waals surface area contributed by atoms with Crippen molar-refractivity contribution in [1.82, 2.24) is 4.90 Å². The molecule has 17 heavy (non-hydrogen) atoms. The number of carbonyl (C=O) groups is 1. The third kappa shape index (κ3) is 3.04. The van der Waals surface area contributed by atoms with Gasteiger partial charge in [0, 0.05) is 25.1 Å². The van der Waals surface area contributed by atoms with E-state index in [4.69, 9.17) is 0 Å². The summed E-state index contributed by atoms with van der Waals surface area (Å²) in [5.74, 6) is 0.294. The van der Waals surface area contributed by atoms with E-state index < -0.39 is 0 Å². The van der Waals surface area contributed by atoms with Crippen molar-refractivity contribution in [3.63, 3.8) is 0 Å². The van der Waals surface area contributed by atoms with Gasteiger partial charge >= 0.3 is 0 Å². The van der Waals surface area contributed by atoms with Gasteiger partial charge in [0.15, 0.2) is 5.78 Å². The molecule has 0 atom stereocenters. The number of aryl methyl sites for hydroxylation is 1. The van der Waals surface area contributed by atoms with Crippen molar-refractivity contribution in [2.45, 2.75) is 19.8 Å². The molecule has 0 amide bonds. The molecule has 0 aromatic heterocycles. The molecular weight excluding hydrogens is 210 g/mol. The van der Waals surface area contributed by atoms with Crippen molar-refractivity contribution in [1.29, 1.82) is 0 Å². The standard InChI is InChI=1S/C15H19NO/c1-3-12-4-6-13(7-5-12)10-14-11-16(2)9-8-15(14)17/h4-7,10H,3,8-9,11H2,1-2H3/b14-10+. The number of Topliss-reactive ketones (excluding diaryl/α,β-unsaturated/α-hetero) is 1. The Kier molecular flexibility index (Phi) is 3.75. The molecule has 0 aliphatic carbocycles. The molecule has 0 bridgehead atoms. The summed E-state index contributed by atoms with van der Waals surface area (Å²) in [6.45, 7) is 3.80. The maximum atomic E-state index is 11.8. The first-order valence-electron chi connectivity index (χ1n) is 6.20. The SMILES string of the molecule is CCc1ccc(/C=C2\CN(C)CCC2=O)cc1. The minimum atomic E-state index is 0.294. The van der Waals surface area contributed by atoms with Gasteiger partial charge in [0.05, 0.1) is 0 Å². The molecule has 1 saturated heterocycles. The predicted molar refractivity (Wildman–Crippen MR) is 70.9 cm³/mol. The molecule has 90 valence electrons. The van der Waals surface area contributed by atoms with Crippen LogP contribution in [0.3, 0.4) is 0 Å². The van der Waals surface area contributed by atoms with Gasteiger partial charge in [-0.25, -0.2) is 0 Å². The lowest BCUT2D eigenvalue weighted by Crippen LogP contribution is -2.32. The van der Waals surface area contributed by atoms with Crippen LogP contribution >= 0.6 is 0 Å². The normalized spacial score (nSPS) is 19.9. The van der Waals surface area contributed by atoms with Crippen LogP contribution in [0.5, 0.6) is 0 Å². The monoisotopic (exact) mass is 229 g/mol. The highest BCUT2D eigenvalue weighted by atomic mass is 16.1. The minimum absolute atomic E-state index is 0.294. The van der Waals surface area contributed by atoms with Crippen molar-refractivity contribution < 1.29 is 4.79 Å². The highest BCUT2D eigenvalue weighted by molar-refractivity contribution is 6.00. The molecule has 2 heteroatoms. The Morgan fingerprint density at radius 1 is 1.29 bits per heavy atom. The van der Waals surface area contributed by atoms with E-state index in [0.717, 1.165) is 30.6 Å². The Labute approximate surface area is 103 Å². The van der Waals surface area contributed by atoms with Gasteiger partial charge in [-0.3, -0.25) is 4.79 Å². The number of benzene rings is 1. The Balaban J connectivity index is 2.18. The van der Waals surface area contributed by atoms with Crippen LogP contribution in [0.1, 0.15) is 24.5 Å². The smallest absolute Gasteiger partial charge is 0.161 e. The molecule has 1 heterocycles. The summed E-state index contributed by atoms with van der Waals surface area (Å²) in [4.78, 5) is 14.0. The summed E-state index contributed by atoms with van der Waals surface area (Å²) in [6, 6.07) is 8.44. The number of rotatable bonds is 2. The number of carbonyl (C=O) groups excluding carboxylic acids is 1. The lowest BCUT2D eigenvalue weighted by molar-refractivity contribution is -0.117. The topological polar surface area (TPSA) is 20.3 Å². The Hall–Kier alpha value is -1.41. The highest BCUT2D eigenvalue weighted by Crippen LogP contribution is 2.15. The van der Waals surface area contributed by atoms with Gasteiger partial charge in [0.25, 0.3) is 0 Å². The summed E-state index contributed by atoms with van der Waals surface area (Å²) < 4.78 is 0. The quantitative estimate of drug-likeness (QED) is 0.726. The van der Waals surface area contributed by atoms with Gasteiger partial charge in [-0.1, -0.05) is 31.2 Å². The molecule has 0 saturated carbocycles. The third-order valence-electron chi connectivity index (χ3n) is 3.25. The van der Waals surface area contributed by atoms with E-state index in [1.54, 1.807) is 0 Å². The van der Waals surface area contributed by atoms with Gasteiger partial charge in [0.2, 0.25) is 0 Å². The minimum Gasteiger partial charge on any atom is -0.302 e. The fraction of sp³-hybridized carbons (Fsp3) is 0.400. The second-order valence-electron chi connectivity index (χ2n) is 4.68. The first kappa shape index (κ1) is 12.1. The number of piperidine rings is 1. The van der Waals surface area contributed by atoms with E-state index in [1.807, 2.05) is 6.08 Å². The van der Waals surface area contributed by atoms with Crippen LogP contribution in [-0.2, 0) is 11.2 Å². The fourth-order valence-corrected chi connectivity index (χ4v) is 2.09. The van der Waals surface area contributed by atoms with E-state index in [9.17, 15) is 4.79 Å². The summed E-state index contributed by atoms with van der Waals surface area (Å²) in [5, 5.41) is 0. The average Bonchev–Trinajstić information content (AvgIpc) is 2.35. The van der Waals surface area contributed by atoms with Crippen molar-refractivity contribution in [2.75, 3.05) is 20.1 Å². The molecule has 1 aromatic carbocycles. The average molecular weight is 229 g/mol. The predicted octanol–water partition coefficient (Wildman–Crippen LogP) is 2.54. The van der Waals surface area contributed by atoms with Gasteiger partial charge in [-0.2, -0.15) is 0 Å². The lowest BCUT2D eigenvalue weighted by Gasteiger charge is -2.23. The van der Waals surface area contributed by atoms with E-state index >= 15 is 0 Å². The van der Waals surface area contributed by atoms with Crippen LogP contribution in [0, 0.1) is 0 Å². The van der Waals surface area contributed by atoms with E-state index in [-0.39, 0.29) is 0 Å². The maximum Gasteiger partial charge on any atom is 0.161 e. The molecule has 1 aromatic rings. The van der Waals surface area contributed by atoms with Crippen LogP contribution in [0.25, 0.3) is 6.08 Å². The number of hydrogen-bond donors (Lipinski definition) is 0. The van der Waals surface area contributed by atoms with Crippen LogP contribution < -0.4 is 0 Å². The van der Waals surface area contributed by atoms with E-state index in [2.05, 4.69) is 43.1 Å². The molecule has 0 N–H and O–H groups in total. The van der Waals surface area contributed by atoms with E-state index in [0.29, 0.717) is 12.2 Å². The zero-order valence-corrected chi connectivity index (χ0v) is 10.6. The second-order valence-corrected chi connectivity index (χ2v) is 4.68.